The van der Waals surface area contributed by atoms with Crippen LogP contribution >= 0.6 is 11.6 Å². The Morgan fingerprint density at radius 1 is 1.15 bits per heavy atom. The van der Waals surface area contributed by atoms with Gasteiger partial charge in [0.1, 0.15) is 5.82 Å². The average molecular weight is 375 g/mol. The molecule has 2 fully saturated rings. The van der Waals surface area contributed by atoms with E-state index in [1.54, 1.807) is 41.3 Å². The smallest absolute Gasteiger partial charge is 0.321 e. The van der Waals surface area contributed by atoms with Crippen molar-refractivity contribution < 1.29 is 14.3 Å². The van der Waals surface area contributed by atoms with Crippen molar-refractivity contribution in [2.24, 2.45) is 11.8 Å². The van der Waals surface area contributed by atoms with Crippen LogP contribution in [0.15, 0.2) is 48.5 Å². The van der Waals surface area contributed by atoms with Crippen molar-refractivity contribution in [2.45, 2.75) is 18.4 Å². The summed E-state index contributed by atoms with van der Waals surface area (Å²) in [4.78, 5) is 14.3. The summed E-state index contributed by atoms with van der Waals surface area (Å²) in [5, 5.41) is 14.4. The average Bonchev–Trinajstić information content (AvgIpc) is 3.11. The van der Waals surface area contributed by atoms with Crippen LogP contribution in [0.4, 0.5) is 14.9 Å². The lowest BCUT2D eigenvalue weighted by molar-refractivity contribution is 0.0328. The minimum absolute atomic E-state index is 0.146. The van der Waals surface area contributed by atoms with Crippen LogP contribution < -0.4 is 5.32 Å². The van der Waals surface area contributed by atoms with Crippen molar-refractivity contribution in [1.82, 2.24) is 4.90 Å². The van der Waals surface area contributed by atoms with Gasteiger partial charge in [-0.3, -0.25) is 0 Å². The van der Waals surface area contributed by atoms with Crippen molar-refractivity contribution in [1.29, 1.82) is 0 Å². The third-order valence-electron chi connectivity index (χ3n) is 5.52. The van der Waals surface area contributed by atoms with E-state index in [-0.39, 0.29) is 23.7 Å². The van der Waals surface area contributed by atoms with E-state index in [9.17, 15) is 14.3 Å². The molecule has 2 aromatic carbocycles. The van der Waals surface area contributed by atoms with Crippen molar-refractivity contribution in [3.63, 3.8) is 0 Å². The van der Waals surface area contributed by atoms with Crippen LogP contribution in [0, 0.1) is 17.7 Å². The van der Waals surface area contributed by atoms with E-state index in [0.29, 0.717) is 36.6 Å². The molecule has 136 valence electrons. The lowest BCUT2D eigenvalue weighted by Gasteiger charge is -2.26. The van der Waals surface area contributed by atoms with Gasteiger partial charge in [-0.15, -0.1) is 0 Å². The maximum absolute atomic E-state index is 13.1. The first kappa shape index (κ1) is 17.3. The van der Waals surface area contributed by atoms with Crippen LogP contribution in [0.5, 0.6) is 0 Å². The summed E-state index contributed by atoms with van der Waals surface area (Å²) in [5.74, 6) is 0.185. The van der Waals surface area contributed by atoms with E-state index in [1.165, 1.54) is 12.1 Å². The number of benzene rings is 2. The fraction of sp³-hybridized carbons (Fsp3) is 0.350. The summed E-state index contributed by atoms with van der Waals surface area (Å²) in [6, 6.07) is 13.0. The van der Waals surface area contributed by atoms with Gasteiger partial charge in [0.05, 0.1) is 5.60 Å². The van der Waals surface area contributed by atoms with Crippen molar-refractivity contribution >= 4 is 23.3 Å². The Bertz CT molecular complexity index is 813. The van der Waals surface area contributed by atoms with Gasteiger partial charge in [0.2, 0.25) is 0 Å². The lowest BCUT2D eigenvalue weighted by atomic mass is 9.90. The fourth-order valence-corrected chi connectivity index (χ4v) is 4.47. The van der Waals surface area contributed by atoms with Gasteiger partial charge in [-0.1, -0.05) is 29.8 Å². The molecule has 2 aliphatic rings. The van der Waals surface area contributed by atoms with E-state index < -0.39 is 5.60 Å². The molecule has 0 radical (unpaired) electrons. The van der Waals surface area contributed by atoms with Crippen molar-refractivity contribution in [2.75, 3.05) is 18.4 Å². The van der Waals surface area contributed by atoms with Crippen LogP contribution in [-0.4, -0.2) is 29.1 Å². The Hall–Kier alpha value is -2.11. The number of likely N-dealkylation sites (tertiary alicyclic amines) is 1. The van der Waals surface area contributed by atoms with Gasteiger partial charge in [-0.25, -0.2) is 9.18 Å². The predicted octanol–water partition coefficient (Wildman–Crippen LogP) is 4.24. The van der Waals surface area contributed by atoms with E-state index >= 15 is 0 Å². The Morgan fingerprint density at radius 3 is 2.42 bits per heavy atom. The third-order valence-corrected chi connectivity index (χ3v) is 5.76. The van der Waals surface area contributed by atoms with Crippen LogP contribution in [0.2, 0.25) is 5.02 Å². The minimum atomic E-state index is -0.932. The Balaban J connectivity index is 1.40. The number of aliphatic hydroxyl groups is 1. The molecule has 2 N–H and O–H groups in total. The monoisotopic (exact) mass is 374 g/mol. The van der Waals surface area contributed by atoms with E-state index in [2.05, 4.69) is 5.32 Å². The molecule has 1 saturated heterocycles. The molecule has 1 heterocycles. The lowest BCUT2D eigenvalue weighted by Crippen LogP contribution is -2.35. The Morgan fingerprint density at radius 2 is 1.81 bits per heavy atom. The number of hydrogen-bond donors (Lipinski definition) is 2. The summed E-state index contributed by atoms with van der Waals surface area (Å²) in [6.45, 7) is 1.22. The van der Waals surface area contributed by atoms with Crippen molar-refractivity contribution in [3.05, 3.63) is 64.9 Å². The second-order valence-electron chi connectivity index (χ2n) is 7.31. The molecule has 1 unspecified atom stereocenters. The number of hydrogen-bond acceptors (Lipinski definition) is 2. The second kappa shape index (κ2) is 6.56. The van der Waals surface area contributed by atoms with Crippen LogP contribution in [0.1, 0.15) is 18.4 Å². The van der Waals surface area contributed by atoms with Crippen LogP contribution in [0.25, 0.3) is 0 Å². The fourth-order valence-electron chi connectivity index (χ4n) is 4.28. The van der Waals surface area contributed by atoms with Crippen LogP contribution in [-0.2, 0) is 5.60 Å². The van der Waals surface area contributed by atoms with E-state index in [0.717, 1.165) is 5.56 Å². The zero-order valence-corrected chi connectivity index (χ0v) is 14.9. The van der Waals surface area contributed by atoms with Crippen molar-refractivity contribution in [3.8, 4) is 0 Å². The highest BCUT2D eigenvalue weighted by molar-refractivity contribution is 6.30. The number of nitrogens with zero attached hydrogens (tertiary/aromatic N) is 1. The molecule has 2 aromatic rings. The summed E-state index contributed by atoms with van der Waals surface area (Å²) in [5.41, 5.74) is 0.490. The van der Waals surface area contributed by atoms with Gasteiger partial charge >= 0.3 is 6.03 Å². The zero-order valence-electron chi connectivity index (χ0n) is 14.2. The SMILES string of the molecule is O=C(Nc1cccc(Cl)c1)N1C[C@@H]2CC(O)(c3ccc(F)cc3)C[C@@H]2C1. The van der Waals surface area contributed by atoms with Gasteiger partial charge in [-0.2, -0.15) is 0 Å². The number of rotatable bonds is 2. The second-order valence-corrected chi connectivity index (χ2v) is 7.75. The quantitative estimate of drug-likeness (QED) is 0.826. The minimum Gasteiger partial charge on any atom is -0.385 e. The first-order valence-corrected chi connectivity index (χ1v) is 9.11. The first-order chi connectivity index (χ1) is 12.4. The number of carbonyl (C=O) groups excluding carboxylic acids is 1. The largest absolute Gasteiger partial charge is 0.385 e. The molecule has 4 rings (SSSR count). The van der Waals surface area contributed by atoms with E-state index in [4.69, 9.17) is 11.6 Å². The number of anilines is 1. The molecule has 6 heteroatoms. The number of carbonyl (C=O) groups is 1. The number of amides is 2. The highest BCUT2D eigenvalue weighted by Gasteiger charge is 2.49. The molecule has 1 saturated carbocycles. The highest BCUT2D eigenvalue weighted by atomic mass is 35.5. The Kier molecular flexibility index (Phi) is 4.37. The van der Waals surface area contributed by atoms with Gasteiger partial charge in [-0.05, 0) is 60.6 Å². The molecule has 0 aromatic heterocycles. The molecular weight excluding hydrogens is 355 g/mol. The molecule has 0 spiro atoms. The molecule has 26 heavy (non-hydrogen) atoms. The molecular formula is C20H20ClFN2O2. The summed E-state index contributed by atoms with van der Waals surface area (Å²) in [7, 11) is 0. The molecule has 3 atom stereocenters. The molecule has 0 bridgehead atoms. The number of fused-ring (bicyclic) bond motifs is 1. The maximum atomic E-state index is 13.1. The standard InChI is InChI=1S/C20H20ClFN2O2/c21-16-2-1-3-18(8-16)23-19(25)24-11-13-9-20(26,10-14(13)12-24)15-4-6-17(22)7-5-15/h1-8,13-14,26H,9-12H2,(H,23,25)/t13-,14+,20?. The molecule has 1 aliphatic heterocycles. The third kappa shape index (κ3) is 3.29. The maximum Gasteiger partial charge on any atom is 0.321 e. The van der Waals surface area contributed by atoms with Gasteiger partial charge in [0, 0.05) is 23.8 Å². The van der Waals surface area contributed by atoms with E-state index in [1.807, 2.05) is 0 Å². The Labute approximate surface area is 156 Å². The summed E-state index contributed by atoms with van der Waals surface area (Å²) >= 11 is 5.95. The predicted molar refractivity (Wildman–Crippen MR) is 98.6 cm³/mol. The molecule has 4 nitrogen and oxygen atoms in total. The topological polar surface area (TPSA) is 52.6 Å². The van der Waals surface area contributed by atoms with Gasteiger partial charge in [0.15, 0.2) is 0 Å². The van der Waals surface area contributed by atoms with Gasteiger partial charge in [0.25, 0.3) is 0 Å². The molecule has 1 aliphatic carbocycles. The number of halogens is 2. The zero-order chi connectivity index (χ0) is 18.3. The molecule has 2 amide bonds. The first-order valence-electron chi connectivity index (χ1n) is 8.73. The van der Waals surface area contributed by atoms with Gasteiger partial charge < -0.3 is 15.3 Å². The number of nitrogens with one attached hydrogen (secondary N) is 1. The normalized spacial score (nSPS) is 27.4. The summed E-state index contributed by atoms with van der Waals surface area (Å²) in [6.07, 6.45) is 1.18. The van der Waals surface area contributed by atoms with Crippen LogP contribution in [0.3, 0.4) is 0 Å². The summed E-state index contributed by atoms with van der Waals surface area (Å²) < 4.78 is 13.1. The highest BCUT2D eigenvalue weighted by Crippen LogP contribution is 2.49. The number of urea groups is 1.